The fourth-order valence-corrected chi connectivity index (χ4v) is 3.07. The Morgan fingerprint density at radius 1 is 1.26 bits per heavy atom. The number of unbranched alkanes of at least 4 members (excludes halogenated alkanes) is 2. The number of rotatable bonds is 6. The summed E-state index contributed by atoms with van der Waals surface area (Å²) in [5, 5.41) is 19.1. The number of aromatic hydroxyl groups is 2. The van der Waals surface area contributed by atoms with Gasteiger partial charge < -0.3 is 19.7 Å². The van der Waals surface area contributed by atoms with Crippen molar-refractivity contribution in [2.24, 2.45) is 0 Å². The summed E-state index contributed by atoms with van der Waals surface area (Å²) in [6, 6.07) is 4.70. The molecule has 1 fully saturated rings. The molecule has 0 radical (unpaired) electrons. The molecule has 1 aromatic rings. The van der Waals surface area contributed by atoms with Gasteiger partial charge in [0.15, 0.2) is 11.5 Å². The molecule has 0 saturated carbocycles. The van der Waals surface area contributed by atoms with Gasteiger partial charge >= 0.3 is 5.97 Å². The van der Waals surface area contributed by atoms with Crippen LogP contribution in [0.15, 0.2) is 18.2 Å². The van der Waals surface area contributed by atoms with Crippen LogP contribution in [0.2, 0.25) is 0 Å². The quantitative estimate of drug-likeness (QED) is 0.473. The third-order valence-electron chi connectivity index (χ3n) is 4.19. The molecule has 3 atom stereocenters. The number of hydrogen-bond donors (Lipinski definition) is 2. The standard InChI is InChI=1S/C18H26O5/c1-3-4-5-6-14-10-15(22-12(2)19)11-18(23-14)13-7-8-16(20)17(21)9-13/h7-9,14-15,18,20-21H,3-6,10-11H2,1-2H3/t14-,15+,18-/m1/s1. The molecule has 1 aliphatic rings. The molecule has 1 aromatic carbocycles. The van der Waals surface area contributed by atoms with E-state index in [1.165, 1.54) is 19.1 Å². The van der Waals surface area contributed by atoms with E-state index in [9.17, 15) is 15.0 Å². The van der Waals surface area contributed by atoms with Crippen LogP contribution in [-0.4, -0.2) is 28.4 Å². The lowest BCUT2D eigenvalue weighted by atomic mass is 9.93. The summed E-state index contributed by atoms with van der Waals surface area (Å²) in [5.74, 6) is -0.597. The van der Waals surface area contributed by atoms with Gasteiger partial charge in [0.2, 0.25) is 0 Å². The average Bonchev–Trinajstić information content (AvgIpc) is 2.49. The lowest BCUT2D eigenvalue weighted by molar-refractivity contribution is -0.160. The highest BCUT2D eigenvalue weighted by Gasteiger charge is 2.32. The summed E-state index contributed by atoms with van der Waals surface area (Å²) in [6.07, 6.45) is 5.23. The van der Waals surface area contributed by atoms with Gasteiger partial charge in [0.1, 0.15) is 6.10 Å². The van der Waals surface area contributed by atoms with Crippen molar-refractivity contribution >= 4 is 5.97 Å². The van der Waals surface area contributed by atoms with Crippen molar-refractivity contribution in [1.82, 2.24) is 0 Å². The van der Waals surface area contributed by atoms with E-state index >= 15 is 0 Å². The molecule has 0 unspecified atom stereocenters. The Labute approximate surface area is 137 Å². The summed E-state index contributed by atoms with van der Waals surface area (Å²) >= 11 is 0. The van der Waals surface area contributed by atoms with E-state index in [0.29, 0.717) is 12.8 Å². The van der Waals surface area contributed by atoms with Gasteiger partial charge in [-0.05, 0) is 24.1 Å². The number of phenolic OH excluding ortho intramolecular Hbond substituents is 2. The van der Waals surface area contributed by atoms with Crippen LogP contribution in [0.3, 0.4) is 0 Å². The number of esters is 1. The molecule has 5 heteroatoms. The molecule has 0 bridgehead atoms. The first-order valence-corrected chi connectivity index (χ1v) is 8.34. The van der Waals surface area contributed by atoms with E-state index in [1.54, 1.807) is 6.07 Å². The summed E-state index contributed by atoms with van der Waals surface area (Å²) in [6.45, 7) is 3.58. The third kappa shape index (κ3) is 5.13. The SMILES string of the molecule is CCCCC[C@@H]1C[C@H](OC(C)=O)C[C@H](c2ccc(O)c(O)c2)O1. The van der Waals surface area contributed by atoms with E-state index < -0.39 is 0 Å². The third-order valence-corrected chi connectivity index (χ3v) is 4.19. The van der Waals surface area contributed by atoms with Crippen LogP contribution < -0.4 is 0 Å². The lowest BCUT2D eigenvalue weighted by Gasteiger charge is -2.35. The second-order valence-corrected chi connectivity index (χ2v) is 6.19. The van der Waals surface area contributed by atoms with Crippen molar-refractivity contribution in [2.45, 2.75) is 70.7 Å². The van der Waals surface area contributed by atoms with Crippen LogP contribution in [-0.2, 0) is 14.3 Å². The van der Waals surface area contributed by atoms with Crippen LogP contribution >= 0.6 is 0 Å². The van der Waals surface area contributed by atoms with Gasteiger partial charge in [-0.2, -0.15) is 0 Å². The van der Waals surface area contributed by atoms with Crippen molar-refractivity contribution in [2.75, 3.05) is 0 Å². The Morgan fingerprint density at radius 2 is 2.04 bits per heavy atom. The fourth-order valence-electron chi connectivity index (χ4n) is 3.07. The average molecular weight is 322 g/mol. The Balaban J connectivity index is 2.09. The normalized spacial score (nSPS) is 24.3. The summed E-state index contributed by atoms with van der Waals surface area (Å²) in [7, 11) is 0. The highest BCUT2D eigenvalue weighted by Crippen LogP contribution is 2.37. The predicted molar refractivity (Wildman–Crippen MR) is 86.3 cm³/mol. The van der Waals surface area contributed by atoms with Gasteiger partial charge in [-0.15, -0.1) is 0 Å². The number of benzene rings is 1. The minimum absolute atomic E-state index is 0.0422. The van der Waals surface area contributed by atoms with Crippen LogP contribution in [0.25, 0.3) is 0 Å². The summed E-state index contributed by atoms with van der Waals surface area (Å²) in [5.41, 5.74) is 0.789. The Morgan fingerprint density at radius 3 is 2.70 bits per heavy atom. The molecule has 1 heterocycles. The minimum atomic E-state index is -0.281. The predicted octanol–water partition coefficient (Wildman–Crippen LogP) is 3.83. The number of ether oxygens (including phenoxy) is 2. The number of carbonyl (C=O) groups is 1. The van der Waals surface area contributed by atoms with Gasteiger partial charge in [0.05, 0.1) is 12.2 Å². The molecule has 0 amide bonds. The molecule has 0 spiro atoms. The smallest absolute Gasteiger partial charge is 0.302 e. The van der Waals surface area contributed by atoms with Crippen LogP contribution in [0.1, 0.15) is 64.0 Å². The number of phenols is 2. The van der Waals surface area contributed by atoms with Crippen LogP contribution in [0.5, 0.6) is 11.5 Å². The van der Waals surface area contributed by atoms with Crippen molar-refractivity contribution in [3.63, 3.8) is 0 Å². The molecular weight excluding hydrogens is 296 g/mol. The molecule has 1 aliphatic heterocycles. The Bertz CT molecular complexity index is 528. The monoisotopic (exact) mass is 322 g/mol. The first-order chi connectivity index (χ1) is 11.0. The molecule has 5 nitrogen and oxygen atoms in total. The highest BCUT2D eigenvalue weighted by atomic mass is 16.6. The molecule has 2 rings (SSSR count). The van der Waals surface area contributed by atoms with Crippen LogP contribution in [0.4, 0.5) is 0 Å². The van der Waals surface area contributed by atoms with Crippen molar-refractivity contribution in [1.29, 1.82) is 0 Å². The fraction of sp³-hybridized carbons (Fsp3) is 0.611. The number of carbonyl (C=O) groups excluding carboxylic acids is 1. The van der Waals surface area contributed by atoms with Crippen molar-refractivity contribution in [3.05, 3.63) is 23.8 Å². The maximum Gasteiger partial charge on any atom is 0.302 e. The van der Waals surface area contributed by atoms with Crippen molar-refractivity contribution in [3.8, 4) is 11.5 Å². The highest BCUT2D eigenvalue weighted by molar-refractivity contribution is 5.66. The van der Waals surface area contributed by atoms with E-state index in [1.807, 2.05) is 0 Å². The van der Waals surface area contributed by atoms with Crippen LogP contribution in [0, 0.1) is 0 Å². The zero-order valence-electron chi connectivity index (χ0n) is 13.8. The van der Waals surface area contributed by atoms with E-state index in [4.69, 9.17) is 9.47 Å². The van der Waals surface area contributed by atoms with Crippen molar-refractivity contribution < 1.29 is 24.5 Å². The van der Waals surface area contributed by atoms with Gasteiger partial charge in [-0.25, -0.2) is 0 Å². The molecule has 23 heavy (non-hydrogen) atoms. The lowest BCUT2D eigenvalue weighted by Crippen LogP contribution is -2.34. The Hall–Kier alpha value is -1.75. The van der Waals surface area contributed by atoms with E-state index in [0.717, 1.165) is 31.2 Å². The molecular formula is C18H26O5. The zero-order chi connectivity index (χ0) is 16.8. The molecule has 2 N–H and O–H groups in total. The van der Waals surface area contributed by atoms with E-state index in [2.05, 4.69) is 6.92 Å². The summed E-state index contributed by atoms with van der Waals surface area (Å²) in [4.78, 5) is 11.3. The molecule has 0 aromatic heterocycles. The Kier molecular flexibility index (Phi) is 6.28. The molecule has 1 saturated heterocycles. The maximum absolute atomic E-state index is 11.3. The summed E-state index contributed by atoms with van der Waals surface area (Å²) < 4.78 is 11.5. The maximum atomic E-state index is 11.3. The van der Waals surface area contributed by atoms with E-state index in [-0.39, 0.29) is 35.8 Å². The first kappa shape index (κ1) is 17.6. The largest absolute Gasteiger partial charge is 0.504 e. The molecule has 0 aliphatic carbocycles. The van der Waals surface area contributed by atoms with Gasteiger partial charge in [-0.1, -0.05) is 32.3 Å². The minimum Gasteiger partial charge on any atom is -0.504 e. The van der Waals surface area contributed by atoms with Gasteiger partial charge in [-0.3, -0.25) is 4.79 Å². The number of hydrogen-bond acceptors (Lipinski definition) is 5. The van der Waals surface area contributed by atoms with Gasteiger partial charge in [0.25, 0.3) is 0 Å². The zero-order valence-corrected chi connectivity index (χ0v) is 13.8. The first-order valence-electron chi connectivity index (χ1n) is 8.34. The molecule has 128 valence electrons. The second-order valence-electron chi connectivity index (χ2n) is 6.19. The second kappa shape index (κ2) is 8.20. The van der Waals surface area contributed by atoms with Gasteiger partial charge in [0, 0.05) is 19.8 Å². The topological polar surface area (TPSA) is 76.0 Å².